The first kappa shape index (κ1) is 17.3. The Hall–Kier alpha value is -1.55. The fourth-order valence-electron chi connectivity index (χ4n) is 3.83. The van der Waals surface area contributed by atoms with Gasteiger partial charge in [-0.05, 0) is 37.3 Å². The molecule has 1 atom stereocenters. The van der Waals surface area contributed by atoms with E-state index in [0.717, 1.165) is 44.1 Å². The molecule has 1 aromatic carbocycles. The van der Waals surface area contributed by atoms with E-state index in [-0.39, 0.29) is 23.8 Å². The van der Waals surface area contributed by atoms with Crippen LogP contribution in [0.3, 0.4) is 0 Å². The summed E-state index contributed by atoms with van der Waals surface area (Å²) in [5, 5.41) is 3.60. The number of carbonyl (C=O) groups is 2. The van der Waals surface area contributed by atoms with Gasteiger partial charge in [-0.1, -0.05) is 49.1 Å². The van der Waals surface area contributed by atoms with Crippen molar-refractivity contribution in [3.63, 3.8) is 0 Å². The molecule has 1 saturated heterocycles. The number of hydrogen-bond acceptors (Lipinski definition) is 2. The number of carbonyl (C=O) groups excluding carboxylic acids is 2. The number of rotatable bonds is 4. The molecule has 1 aliphatic carbocycles. The summed E-state index contributed by atoms with van der Waals surface area (Å²) in [7, 11) is 0. The van der Waals surface area contributed by atoms with E-state index in [1.54, 1.807) is 0 Å². The summed E-state index contributed by atoms with van der Waals surface area (Å²) in [5.41, 5.74) is 0.899. The van der Waals surface area contributed by atoms with Crippen molar-refractivity contribution in [3.8, 4) is 0 Å². The van der Waals surface area contributed by atoms with E-state index in [2.05, 4.69) is 5.32 Å². The highest BCUT2D eigenvalue weighted by molar-refractivity contribution is 6.31. The lowest BCUT2D eigenvalue weighted by Gasteiger charge is -2.30. The van der Waals surface area contributed by atoms with Gasteiger partial charge < -0.3 is 10.2 Å². The standard InChI is InChI=1S/C19H25ClN2O2/c20-16-10-5-4-9-15(16)13-21-18(23)17-11-6-12-22(17)19(24)14-7-2-1-3-8-14/h4-5,9-10,14,17H,1-3,6-8,11-13H2,(H,21,23)/t17-/m0/s1. The molecule has 2 aliphatic rings. The third-order valence-corrected chi connectivity index (χ3v) is 5.57. The van der Waals surface area contributed by atoms with Crippen LogP contribution in [0.2, 0.25) is 5.02 Å². The van der Waals surface area contributed by atoms with E-state index in [1.807, 2.05) is 29.2 Å². The van der Waals surface area contributed by atoms with Crippen molar-refractivity contribution in [1.29, 1.82) is 0 Å². The van der Waals surface area contributed by atoms with Crippen molar-refractivity contribution < 1.29 is 9.59 Å². The summed E-state index contributed by atoms with van der Waals surface area (Å²) in [5.74, 6) is 0.248. The zero-order chi connectivity index (χ0) is 16.9. The van der Waals surface area contributed by atoms with Crippen molar-refractivity contribution in [3.05, 3.63) is 34.9 Å². The molecule has 1 saturated carbocycles. The fraction of sp³-hybridized carbons (Fsp3) is 0.579. The number of halogens is 1. The molecule has 4 nitrogen and oxygen atoms in total. The third kappa shape index (κ3) is 3.92. The molecule has 0 unspecified atom stereocenters. The zero-order valence-corrected chi connectivity index (χ0v) is 14.7. The minimum absolute atomic E-state index is 0.0587. The maximum atomic E-state index is 12.8. The van der Waals surface area contributed by atoms with Crippen molar-refractivity contribution >= 4 is 23.4 Å². The topological polar surface area (TPSA) is 49.4 Å². The van der Waals surface area contributed by atoms with E-state index in [9.17, 15) is 9.59 Å². The zero-order valence-electron chi connectivity index (χ0n) is 14.0. The molecule has 130 valence electrons. The smallest absolute Gasteiger partial charge is 0.243 e. The maximum absolute atomic E-state index is 12.8. The lowest BCUT2D eigenvalue weighted by atomic mass is 9.88. The van der Waals surface area contributed by atoms with Crippen molar-refractivity contribution in [2.75, 3.05) is 6.54 Å². The predicted molar refractivity (Wildman–Crippen MR) is 94.6 cm³/mol. The number of nitrogens with zero attached hydrogens (tertiary/aromatic N) is 1. The Labute approximate surface area is 148 Å². The average molecular weight is 349 g/mol. The normalized spacial score (nSPS) is 21.7. The third-order valence-electron chi connectivity index (χ3n) is 5.20. The maximum Gasteiger partial charge on any atom is 0.243 e. The average Bonchev–Trinajstić information content (AvgIpc) is 3.10. The summed E-state index contributed by atoms with van der Waals surface area (Å²) in [6.07, 6.45) is 7.11. The van der Waals surface area contributed by atoms with Crippen LogP contribution >= 0.6 is 11.6 Å². The molecule has 0 spiro atoms. The Morgan fingerprint density at radius 1 is 1.08 bits per heavy atom. The first-order valence-electron chi connectivity index (χ1n) is 8.98. The number of amides is 2. The van der Waals surface area contributed by atoms with Crippen LogP contribution in [0.25, 0.3) is 0 Å². The molecule has 1 N–H and O–H groups in total. The van der Waals surface area contributed by atoms with Crippen LogP contribution in [0.5, 0.6) is 0 Å². The molecule has 0 aromatic heterocycles. The lowest BCUT2D eigenvalue weighted by molar-refractivity contribution is -0.142. The second-order valence-electron chi connectivity index (χ2n) is 6.83. The van der Waals surface area contributed by atoms with Gasteiger partial charge in [0.05, 0.1) is 0 Å². The second-order valence-corrected chi connectivity index (χ2v) is 7.24. The van der Waals surface area contributed by atoms with Gasteiger partial charge in [0.25, 0.3) is 0 Å². The van der Waals surface area contributed by atoms with Gasteiger partial charge >= 0.3 is 0 Å². The SMILES string of the molecule is O=C(NCc1ccccc1Cl)[C@@H]1CCCN1C(=O)C1CCCCC1. The predicted octanol–water partition coefficient (Wildman–Crippen LogP) is 3.53. The Morgan fingerprint density at radius 2 is 1.83 bits per heavy atom. The molecule has 2 fully saturated rings. The summed E-state index contributed by atoms with van der Waals surface area (Å²) in [6.45, 7) is 1.11. The van der Waals surface area contributed by atoms with E-state index < -0.39 is 0 Å². The van der Waals surface area contributed by atoms with E-state index in [4.69, 9.17) is 11.6 Å². The van der Waals surface area contributed by atoms with Gasteiger partial charge in [-0.2, -0.15) is 0 Å². The molecule has 1 aromatic rings. The summed E-state index contributed by atoms with van der Waals surface area (Å²) in [6, 6.07) is 7.18. The fourth-order valence-corrected chi connectivity index (χ4v) is 4.03. The Balaban J connectivity index is 1.59. The molecule has 3 rings (SSSR count). The molecular formula is C19H25ClN2O2. The number of hydrogen-bond donors (Lipinski definition) is 1. The van der Waals surface area contributed by atoms with E-state index >= 15 is 0 Å². The monoisotopic (exact) mass is 348 g/mol. The Morgan fingerprint density at radius 3 is 2.58 bits per heavy atom. The largest absolute Gasteiger partial charge is 0.350 e. The van der Waals surface area contributed by atoms with Crippen LogP contribution in [0.4, 0.5) is 0 Å². The minimum Gasteiger partial charge on any atom is -0.350 e. The molecule has 2 amide bonds. The van der Waals surface area contributed by atoms with Gasteiger partial charge in [-0.3, -0.25) is 9.59 Å². The Kier molecular flexibility index (Phi) is 5.77. The van der Waals surface area contributed by atoms with Crippen LogP contribution in [0.1, 0.15) is 50.5 Å². The Bertz CT molecular complexity index is 599. The van der Waals surface area contributed by atoms with E-state index in [0.29, 0.717) is 18.1 Å². The first-order valence-corrected chi connectivity index (χ1v) is 9.36. The quantitative estimate of drug-likeness (QED) is 0.904. The van der Waals surface area contributed by atoms with Gasteiger partial charge in [0.2, 0.25) is 11.8 Å². The van der Waals surface area contributed by atoms with Gasteiger partial charge in [0, 0.05) is 24.0 Å². The number of benzene rings is 1. The molecule has 0 bridgehead atoms. The van der Waals surface area contributed by atoms with Crippen LogP contribution in [0, 0.1) is 5.92 Å². The van der Waals surface area contributed by atoms with Crippen LogP contribution in [-0.4, -0.2) is 29.3 Å². The van der Waals surface area contributed by atoms with Crippen molar-refractivity contribution in [2.24, 2.45) is 5.92 Å². The highest BCUT2D eigenvalue weighted by atomic mass is 35.5. The molecule has 5 heteroatoms. The number of nitrogens with one attached hydrogen (secondary N) is 1. The summed E-state index contributed by atoms with van der Waals surface area (Å²) in [4.78, 5) is 27.2. The molecular weight excluding hydrogens is 324 g/mol. The van der Waals surface area contributed by atoms with Gasteiger partial charge in [-0.15, -0.1) is 0 Å². The second kappa shape index (κ2) is 8.02. The van der Waals surface area contributed by atoms with Crippen LogP contribution in [0.15, 0.2) is 24.3 Å². The summed E-state index contributed by atoms with van der Waals surface area (Å²) >= 11 is 6.13. The number of likely N-dealkylation sites (tertiary alicyclic amines) is 1. The highest BCUT2D eigenvalue weighted by Gasteiger charge is 2.37. The van der Waals surface area contributed by atoms with Crippen molar-refractivity contribution in [2.45, 2.75) is 57.5 Å². The van der Waals surface area contributed by atoms with Gasteiger partial charge in [0.1, 0.15) is 6.04 Å². The van der Waals surface area contributed by atoms with Gasteiger partial charge in [-0.25, -0.2) is 0 Å². The lowest BCUT2D eigenvalue weighted by Crippen LogP contribution is -2.48. The van der Waals surface area contributed by atoms with Crippen LogP contribution in [-0.2, 0) is 16.1 Å². The van der Waals surface area contributed by atoms with Gasteiger partial charge in [0.15, 0.2) is 0 Å². The van der Waals surface area contributed by atoms with Crippen molar-refractivity contribution in [1.82, 2.24) is 10.2 Å². The van der Waals surface area contributed by atoms with E-state index in [1.165, 1.54) is 6.42 Å². The molecule has 1 heterocycles. The minimum atomic E-state index is -0.318. The van der Waals surface area contributed by atoms with Crippen LogP contribution < -0.4 is 5.32 Å². The molecule has 0 radical (unpaired) electrons. The molecule has 1 aliphatic heterocycles. The highest BCUT2D eigenvalue weighted by Crippen LogP contribution is 2.29. The molecule has 24 heavy (non-hydrogen) atoms. The first-order chi connectivity index (χ1) is 11.7. The summed E-state index contributed by atoms with van der Waals surface area (Å²) < 4.78 is 0.